The highest BCUT2D eigenvalue weighted by Gasteiger charge is 2.51. The third-order valence-electron chi connectivity index (χ3n) is 9.82. The summed E-state index contributed by atoms with van der Waals surface area (Å²) >= 11 is 0. The molecule has 188 valence electrons. The average molecular weight is 486 g/mol. The van der Waals surface area contributed by atoms with Crippen LogP contribution < -0.4 is 0 Å². The Bertz CT molecular complexity index is 910. The lowest BCUT2D eigenvalue weighted by Crippen LogP contribution is -2.36. The summed E-state index contributed by atoms with van der Waals surface area (Å²) in [6.07, 6.45) is 14.7. The number of allylic oxidation sites excluding steroid dienone is 3. The SMILES string of the molecule is C=C1C(=CC=C2CCCC3(C)C2CCC3C(C)CCCC(=O)C(C)(C)[P+]2=CC2)CC(O)CC1O. The number of aliphatic hydroxyl groups is 2. The third kappa shape index (κ3) is 5.23. The van der Waals surface area contributed by atoms with Crippen LogP contribution in [0.15, 0.2) is 35.5 Å². The Labute approximate surface area is 208 Å². The normalized spacial score (nSPS) is 38.1. The van der Waals surface area contributed by atoms with E-state index in [0.717, 1.165) is 42.7 Å². The van der Waals surface area contributed by atoms with Gasteiger partial charge in [-0.15, -0.1) is 0 Å². The minimum absolute atomic E-state index is 0.101. The summed E-state index contributed by atoms with van der Waals surface area (Å²) in [5, 5.41) is 20.2. The predicted molar refractivity (Wildman–Crippen MR) is 145 cm³/mol. The number of hydrogen-bond donors (Lipinski definition) is 2. The van der Waals surface area contributed by atoms with E-state index in [4.69, 9.17) is 0 Å². The molecule has 0 radical (unpaired) electrons. The van der Waals surface area contributed by atoms with Crippen molar-refractivity contribution in [2.24, 2.45) is 23.2 Å². The maximum Gasteiger partial charge on any atom is 0.182 e. The lowest BCUT2D eigenvalue weighted by molar-refractivity contribution is -0.120. The zero-order valence-corrected chi connectivity index (χ0v) is 22.7. The highest BCUT2D eigenvalue weighted by molar-refractivity contribution is 7.70. The second-order valence-electron chi connectivity index (χ2n) is 12.4. The Kier molecular flexibility index (Phi) is 7.78. The van der Waals surface area contributed by atoms with E-state index in [-0.39, 0.29) is 12.7 Å². The van der Waals surface area contributed by atoms with Crippen LogP contribution >= 0.6 is 7.55 Å². The van der Waals surface area contributed by atoms with Gasteiger partial charge in [-0.2, -0.15) is 0 Å². The second-order valence-corrected chi connectivity index (χ2v) is 15.1. The van der Waals surface area contributed by atoms with Crippen LogP contribution in [0.25, 0.3) is 0 Å². The van der Waals surface area contributed by atoms with Gasteiger partial charge in [-0.1, -0.05) is 44.6 Å². The molecule has 0 spiro atoms. The summed E-state index contributed by atoms with van der Waals surface area (Å²) in [4.78, 5) is 12.8. The minimum atomic E-state index is -0.623. The molecule has 4 aliphatic rings. The number of ketones is 1. The number of fused-ring (bicyclic) bond motifs is 1. The van der Waals surface area contributed by atoms with Gasteiger partial charge in [0.1, 0.15) is 13.3 Å². The summed E-state index contributed by atoms with van der Waals surface area (Å²) in [5.74, 6) is 4.83. The molecule has 3 saturated carbocycles. The molecule has 0 saturated heterocycles. The highest BCUT2D eigenvalue weighted by atomic mass is 31.1. The lowest BCUT2D eigenvalue weighted by Gasteiger charge is -2.44. The van der Waals surface area contributed by atoms with Crippen molar-refractivity contribution in [3.63, 3.8) is 0 Å². The van der Waals surface area contributed by atoms with Gasteiger partial charge in [0, 0.05) is 12.8 Å². The molecule has 3 fully saturated rings. The summed E-state index contributed by atoms with van der Waals surface area (Å²) in [5.41, 5.74) is 3.68. The van der Waals surface area contributed by atoms with E-state index in [1.54, 1.807) is 5.57 Å². The van der Waals surface area contributed by atoms with E-state index in [1.807, 2.05) is 0 Å². The van der Waals surface area contributed by atoms with Gasteiger partial charge in [0.25, 0.3) is 0 Å². The fourth-order valence-electron chi connectivity index (χ4n) is 7.43. The van der Waals surface area contributed by atoms with Crippen LogP contribution in [0.2, 0.25) is 0 Å². The van der Waals surface area contributed by atoms with Crippen LogP contribution in [-0.2, 0) is 4.79 Å². The van der Waals surface area contributed by atoms with Crippen molar-refractivity contribution in [2.45, 2.75) is 109 Å². The summed E-state index contributed by atoms with van der Waals surface area (Å²) in [6.45, 7) is 13.4. The number of carbonyl (C=O) groups is 1. The van der Waals surface area contributed by atoms with Crippen molar-refractivity contribution < 1.29 is 15.0 Å². The first-order chi connectivity index (χ1) is 16.0. The van der Waals surface area contributed by atoms with E-state index < -0.39 is 12.2 Å². The molecule has 0 aromatic heterocycles. The van der Waals surface area contributed by atoms with E-state index in [0.29, 0.717) is 35.9 Å². The maximum atomic E-state index is 12.8. The average Bonchev–Trinajstić information content (AvgIpc) is 3.57. The zero-order chi connectivity index (χ0) is 24.7. The number of aliphatic hydroxyl groups excluding tert-OH is 2. The molecule has 7 unspecified atom stereocenters. The van der Waals surface area contributed by atoms with Crippen LogP contribution in [0, 0.1) is 23.2 Å². The van der Waals surface area contributed by atoms with Crippen LogP contribution in [0.1, 0.15) is 91.9 Å². The molecule has 7 atom stereocenters. The van der Waals surface area contributed by atoms with Gasteiger partial charge in [0.05, 0.1) is 12.2 Å². The van der Waals surface area contributed by atoms with Gasteiger partial charge >= 0.3 is 0 Å². The molecular weight excluding hydrogens is 439 g/mol. The van der Waals surface area contributed by atoms with E-state index in [1.165, 1.54) is 31.8 Å². The van der Waals surface area contributed by atoms with Gasteiger partial charge < -0.3 is 10.2 Å². The quantitative estimate of drug-likeness (QED) is 0.382. The molecule has 4 heteroatoms. The summed E-state index contributed by atoms with van der Waals surface area (Å²) in [7, 11) is -0.133. The van der Waals surface area contributed by atoms with Gasteiger partial charge in [-0.05, 0) is 93.1 Å². The second kappa shape index (κ2) is 10.2. The molecule has 4 rings (SSSR count). The molecule has 0 aromatic carbocycles. The Hall–Kier alpha value is -1.02. The molecule has 1 aliphatic heterocycles. The maximum absolute atomic E-state index is 12.8. The van der Waals surface area contributed by atoms with Crippen molar-refractivity contribution in [3.8, 4) is 0 Å². The molecule has 34 heavy (non-hydrogen) atoms. The molecule has 0 amide bonds. The first-order valence-electron chi connectivity index (χ1n) is 13.6. The summed E-state index contributed by atoms with van der Waals surface area (Å²) in [6, 6.07) is 0. The van der Waals surface area contributed by atoms with Crippen LogP contribution in [0.3, 0.4) is 0 Å². The standard InChI is InChI=1S/C30H46O3P/c1-20(8-6-10-28(33)29(3,4)34-16-17-34)25-13-14-26-22(9-7-15-30(25,26)5)11-12-23-18-24(31)19-27(32)21(23)2/h11-12,16,20,24-27,31-32H,2,6-10,13-15,17-19H2,1,3-5H3/q+1. The van der Waals surface area contributed by atoms with Crippen molar-refractivity contribution >= 4 is 19.1 Å². The van der Waals surface area contributed by atoms with Gasteiger partial charge in [-0.3, -0.25) is 4.79 Å². The van der Waals surface area contributed by atoms with E-state index in [9.17, 15) is 15.0 Å². The Morgan fingerprint density at radius 2 is 2.06 bits per heavy atom. The minimum Gasteiger partial charge on any atom is -0.393 e. The fraction of sp³-hybridized carbons (Fsp3) is 0.733. The van der Waals surface area contributed by atoms with Gasteiger partial charge in [-0.25, -0.2) is 0 Å². The third-order valence-corrected chi connectivity index (χ3v) is 12.2. The number of Topliss-reactive ketones (excluding diaryl/α,β-unsaturated/α-hetero) is 1. The van der Waals surface area contributed by atoms with Crippen molar-refractivity contribution in [3.05, 3.63) is 35.5 Å². The lowest BCUT2D eigenvalue weighted by atomic mass is 9.60. The summed E-state index contributed by atoms with van der Waals surface area (Å²) < 4.78 is 0. The predicted octanol–water partition coefficient (Wildman–Crippen LogP) is 6.58. The first kappa shape index (κ1) is 26.1. The van der Waals surface area contributed by atoms with Gasteiger partial charge in [0.15, 0.2) is 17.1 Å². The van der Waals surface area contributed by atoms with Crippen LogP contribution in [-0.4, -0.2) is 45.3 Å². The smallest absolute Gasteiger partial charge is 0.182 e. The van der Waals surface area contributed by atoms with Crippen LogP contribution in [0.4, 0.5) is 0 Å². The molecule has 0 bridgehead atoms. The number of carbonyl (C=O) groups excluding carboxylic acids is 1. The molecular formula is C30H46O3P+. The fourth-order valence-corrected chi connectivity index (χ4v) is 9.10. The molecule has 0 aromatic rings. The molecule has 3 nitrogen and oxygen atoms in total. The van der Waals surface area contributed by atoms with Crippen molar-refractivity contribution in [1.29, 1.82) is 0 Å². The zero-order valence-electron chi connectivity index (χ0n) is 21.9. The van der Waals surface area contributed by atoms with Crippen molar-refractivity contribution in [1.82, 2.24) is 0 Å². The van der Waals surface area contributed by atoms with Crippen LogP contribution in [0.5, 0.6) is 0 Å². The Morgan fingerprint density at radius 1 is 1.32 bits per heavy atom. The van der Waals surface area contributed by atoms with E-state index >= 15 is 0 Å². The first-order valence-corrected chi connectivity index (χ1v) is 15.2. The Balaban J connectivity index is 1.38. The van der Waals surface area contributed by atoms with E-state index in [2.05, 4.69) is 52.2 Å². The number of rotatable bonds is 8. The molecule has 1 heterocycles. The molecule has 2 N–H and O–H groups in total. The highest BCUT2D eigenvalue weighted by Crippen LogP contribution is 2.60. The Morgan fingerprint density at radius 3 is 2.76 bits per heavy atom. The topological polar surface area (TPSA) is 57.5 Å². The van der Waals surface area contributed by atoms with Crippen molar-refractivity contribution in [2.75, 3.05) is 6.16 Å². The van der Waals surface area contributed by atoms with Gasteiger partial charge in [0.2, 0.25) is 0 Å². The number of hydrogen-bond acceptors (Lipinski definition) is 3. The molecule has 3 aliphatic carbocycles. The largest absolute Gasteiger partial charge is 0.393 e. The monoisotopic (exact) mass is 485 g/mol.